The first-order valence-electron chi connectivity index (χ1n) is 9.70. The predicted molar refractivity (Wildman–Crippen MR) is 127 cm³/mol. The van der Waals surface area contributed by atoms with Crippen molar-refractivity contribution in [3.05, 3.63) is 95.6 Å². The number of nitrogens with one attached hydrogen (secondary N) is 3. The number of alkyl carbamates (subject to hydrolysis) is 1. The van der Waals surface area contributed by atoms with Crippen molar-refractivity contribution < 1.29 is 19.1 Å². The highest BCUT2D eigenvalue weighted by molar-refractivity contribution is 7.80. The molecule has 3 N–H and O–H groups in total. The van der Waals surface area contributed by atoms with Gasteiger partial charge in [0.1, 0.15) is 0 Å². The summed E-state index contributed by atoms with van der Waals surface area (Å²) in [6.45, 7) is 0. The number of carbonyl (C=O) groups excluding carboxylic acids is 3. The molecule has 0 aliphatic carbocycles. The van der Waals surface area contributed by atoms with Gasteiger partial charge in [0.2, 0.25) is 5.91 Å². The maximum atomic E-state index is 12.8. The zero-order valence-corrected chi connectivity index (χ0v) is 18.1. The summed E-state index contributed by atoms with van der Waals surface area (Å²) >= 11 is 5.14. The minimum absolute atomic E-state index is 0.0419. The van der Waals surface area contributed by atoms with Gasteiger partial charge in [0.15, 0.2) is 10.9 Å². The Hall–Kier alpha value is -4.04. The average molecular weight is 448 g/mol. The van der Waals surface area contributed by atoms with Crippen molar-refractivity contribution in [1.82, 2.24) is 5.32 Å². The SMILES string of the molecule is COC(=O)NC(=S)Nc1cc(C(=O)c2ccccc2)ccc1NC(=O)Cc1ccccc1. The summed E-state index contributed by atoms with van der Waals surface area (Å²) in [4.78, 5) is 36.9. The smallest absolute Gasteiger partial charge is 0.413 e. The molecule has 3 rings (SSSR count). The molecule has 0 spiro atoms. The molecule has 7 nitrogen and oxygen atoms in total. The summed E-state index contributed by atoms with van der Waals surface area (Å²) in [7, 11) is 1.21. The van der Waals surface area contributed by atoms with Gasteiger partial charge in [-0.1, -0.05) is 60.7 Å². The molecule has 0 bridgehead atoms. The lowest BCUT2D eigenvalue weighted by molar-refractivity contribution is -0.115. The van der Waals surface area contributed by atoms with Crippen LogP contribution in [-0.4, -0.2) is 30.0 Å². The monoisotopic (exact) mass is 447 g/mol. The van der Waals surface area contributed by atoms with Crippen LogP contribution in [0.1, 0.15) is 21.5 Å². The molecule has 0 aromatic heterocycles. The van der Waals surface area contributed by atoms with Gasteiger partial charge in [0.05, 0.1) is 24.9 Å². The second kappa shape index (κ2) is 10.8. The first kappa shape index (κ1) is 22.6. The number of methoxy groups -OCH3 is 1. The van der Waals surface area contributed by atoms with Crippen molar-refractivity contribution in [1.29, 1.82) is 0 Å². The molecule has 0 atom stereocenters. The summed E-state index contributed by atoms with van der Waals surface area (Å²) in [5, 5.41) is 7.96. The third-order valence-electron chi connectivity index (χ3n) is 4.45. The highest BCUT2D eigenvalue weighted by atomic mass is 32.1. The van der Waals surface area contributed by atoms with E-state index >= 15 is 0 Å². The van der Waals surface area contributed by atoms with E-state index in [0.29, 0.717) is 22.5 Å². The molecular weight excluding hydrogens is 426 g/mol. The van der Waals surface area contributed by atoms with Gasteiger partial charge < -0.3 is 15.4 Å². The molecular formula is C24H21N3O4S. The van der Waals surface area contributed by atoms with Crippen LogP contribution in [-0.2, 0) is 16.0 Å². The summed E-state index contributed by atoms with van der Waals surface area (Å²) in [6, 6.07) is 22.9. The Kier molecular flexibility index (Phi) is 7.66. The number of hydrogen-bond donors (Lipinski definition) is 3. The number of hydrogen-bond acceptors (Lipinski definition) is 5. The lowest BCUT2D eigenvalue weighted by Crippen LogP contribution is -2.34. The normalized spacial score (nSPS) is 10.0. The van der Waals surface area contributed by atoms with Gasteiger partial charge in [-0.05, 0) is 36.0 Å². The van der Waals surface area contributed by atoms with Crippen LogP contribution in [0.2, 0.25) is 0 Å². The van der Waals surface area contributed by atoms with Crippen LogP contribution < -0.4 is 16.0 Å². The Balaban J connectivity index is 1.85. The molecule has 0 heterocycles. The van der Waals surface area contributed by atoms with Crippen LogP contribution in [0.3, 0.4) is 0 Å². The van der Waals surface area contributed by atoms with Crippen LogP contribution >= 0.6 is 12.2 Å². The highest BCUT2D eigenvalue weighted by Crippen LogP contribution is 2.25. The second-order valence-electron chi connectivity index (χ2n) is 6.74. The fourth-order valence-corrected chi connectivity index (χ4v) is 3.12. The van der Waals surface area contributed by atoms with E-state index in [9.17, 15) is 14.4 Å². The van der Waals surface area contributed by atoms with Crippen LogP contribution in [0.5, 0.6) is 0 Å². The molecule has 8 heteroatoms. The number of ether oxygens (including phenoxy) is 1. The molecule has 0 saturated carbocycles. The summed E-state index contributed by atoms with van der Waals surface area (Å²) in [5.74, 6) is -0.434. The molecule has 0 aliphatic heterocycles. The van der Waals surface area contributed by atoms with Crippen molar-refractivity contribution in [2.24, 2.45) is 0 Å². The van der Waals surface area contributed by atoms with Crippen LogP contribution in [0.4, 0.5) is 16.2 Å². The van der Waals surface area contributed by atoms with E-state index in [4.69, 9.17) is 12.2 Å². The molecule has 0 radical (unpaired) electrons. The maximum absolute atomic E-state index is 12.8. The van der Waals surface area contributed by atoms with E-state index in [1.54, 1.807) is 42.5 Å². The Morgan fingerprint density at radius 1 is 0.812 bits per heavy atom. The molecule has 0 unspecified atom stereocenters. The summed E-state index contributed by atoms with van der Waals surface area (Å²) < 4.78 is 4.54. The summed E-state index contributed by atoms with van der Waals surface area (Å²) in [5.41, 5.74) is 2.53. The van der Waals surface area contributed by atoms with Gasteiger partial charge in [-0.25, -0.2) is 4.79 Å². The molecule has 162 valence electrons. The Morgan fingerprint density at radius 2 is 1.47 bits per heavy atom. The molecule has 0 fully saturated rings. The van der Waals surface area contributed by atoms with E-state index in [-0.39, 0.29) is 23.2 Å². The van der Waals surface area contributed by atoms with Crippen LogP contribution in [0, 0.1) is 0 Å². The van der Waals surface area contributed by atoms with Crippen molar-refractivity contribution >= 4 is 46.5 Å². The largest absolute Gasteiger partial charge is 0.453 e. The minimum atomic E-state index is -0.742. The standard InChI is InChI=1S/C24H21N3O4S/c1-31-24(30)27-23(32)26-20-15-18(22(29)17-10-6-3-7-11-17)12-13-19(20)25-21(28)14-16-8-4-2-5-9-16/h2-13,15H,14H2,1H3,(H,25,28)(H2,26,27,30,32). The fourth-order valence-electron chi connectivity index (χ4n) is 2.93. The Bertz CT molecular complexity index is 1130. The van der Waals surface area contributed by atoms with Gasteiger partial charge in [0.25, 0.3) is 0 Å². The lowest BCUT2D eigenvalue weighted by Gasteiger charge is -2.15. The lowest BCUT2D eigenvalue weighted by atomic mass is 10.0. The Morgan fingerprint density at radius 3 is 2.12 bits per heavy atom. The zero-order valence-electron chi connectivity index (χ0n) is 17.3. The molecule has 3 aromatic rings. The first-order valence-corrected chi connectivity index (χ1v) is 10.1. The molecule has 2 amide bonds. The quantitative estimate of drug-likeness (QED) is 0.388. The van der Waals surface area contributed by atoms with E-state index in [1.165, 1.54) is 7.11 Å². The molecule has 3 aromatic carbocycles. The topological polar surface area (TPSA) is 96.5 Å². The van der Waals surface area contributed by atoms with Gasteiger partial charge in [-0.3, -0.25) is 14.9 Å². The maximum Gasteiger partial charge on any atom is 0.413 e. The van der Waals surface area contributed by atoms with Crippen molar-refractivity contribution in [3.8, 4) is 0 Å². The van der Waals surface area contributed by atoms with Crippen LogP contribution in [0.25, 0.3) is 0 Å². The number of thiocarbonyl (C=S) groups is 1. The number of ketones is 1. The van der Waals surface area contributed by atoms with E-state index in [1.807, 2.05) is 36.4 Å². The van der Waals surface area contributed by atoms with E-state index in [2.05, 4.69) is 20.7 Å². The number of rotatable bonds is 6. The van der Waals surface area contributed by atoms with Crippen molar-refractivity contribution in [3.63, 3.8) is 0 Å². The third-order valence-corrected chi connectivity index (χ3v) is 4.65. The van der Waals surface area contributed by atoms with E-state index < -0.39 is 6.09 Å². The van der Waals surface area contributed by atoms with Crippen molar-refractivity contribution in [2.75, 3.05) is 17.7 Å². The van der Waals surface area contributed by atoms with Gasteiger partial charge in [0, 0.05) is 11.1 Å². The first-order chi connectivity index (χ1) is 15.5. The molecule has 0 saturated heterocycles. The van der Waals surface area contributed by atoms with Gasteiger partial charge in [-0.2, -0.15) is 0 Å². The second-order valence-corrected chi connectivity index (χ2v) is 7.15. The fraction of sp³-hybridized carbons (Fsp3) is 0.0833. The number of anilines is 2. The zero-order chi connectivity index (χ0) is 22.9. The minimum Gasteiger partial charge on any atom is -0.453 e. The third kappa shape index (κ3) is 6.23. The average Bonchev–Trinajstić information content (AvgIpc) is 2.80. The number of amides is 2. The summed E-state index contributed by atoms with van der Waals surface area (Å²) in [6.07, 6.45) is -0.566. The number of carbonyl (C=O) groups is 3. The Labute approximate surface area is 190 Å². The highest BCUT2D eigenvalue weighted by Gasteiger charge is 2.15. The van der Waals surface area contributed by atoms with Gasteiger partial charge in [-0.15, -0.1) is 0 Å². The van der Waals surface area contributed by atoms with Crippen LogP contribution in [0.15, 0.2) is 78.9 Å². The van der Waals surface area contributed by atoms with Crippen molar-refractivity contribution in [2.45, 2.75) is 6.42 Å². The predicted octanol–water partition coefficient (Wildman–Crippen LogP) is 4.15. The number of benzene rings is 3. The van der Waals surface area contributed by atoms with Gasteiger partial charge >= 0.3 is 6.09 Å². The molecule has 0 aliphatic rings. The van der Waals surface area contributed by atoms with E-state index in [0.717, 1.165) is 5.56 Å². The molecule has 32 heavy (non-hydrogen) atoms.